The Morgan fingerprint density at radius 3 is 2.47 bits per heavy atom. The Hall–Kier alpha value is -2.29. The van der Waals surface area contributed by atoms with Crippen LogP contribution in [0.5, 0.6) is 0 Å². The van der Waals surface area contributed by atoms with Crippen molar-refractivity contribution in [2.45, 2.75) is 20.3 Å². The molecule has 0 fully saturated rings. The first-order valence-electron chi connectivity index (χ1n) is 6.03. The van der Waals surface area contributed by atoms with E-state index >= 15 is 0 Å². The minimum Gasteiger partial charge on any atom is -0.475 e. The van der Waals surface area contributed by atoms with Gasteiger partial charge in [-0.05, 0) is 26.0 Å². The van der Waals surface area contributed by atoms with Crippen molar-refractivity contribution in [2.24, 2.45) is 5.92 Å². The predicted molar refractivity (Wildman–Crippen MR) is 66.4 cm³/mol. The van der Waals surface area contributed by atoms with E-state index in [0.717, 1.165) is 0 Å². The molecule has 0 radical (unpaired) electrons. The van der Waals surface area contributed by atoms with Crippen LogP contribution in [0.15, 0.2) is 16.5 Å². The monoisotopic (exact) mass is 264 g/mol. The van der Waals surface area contributed by atoms with Gasteiger partial charge in [0.2, 0.25) is 11.7 Å². The Kier molecular flexibility index (Phi) is 5.12. The number of hydrogen-bond donors (Lipinski definition) is 1. The van der Waals surface area contributed by atoms with Crippen molar-refractivity contribution < 1.29 is 19.1 Å². The van der Waals surface area contributed by atoms with Crippen LogP contribution in [-0.4, -0.2) is 35.0 Å². The summed E-state index contributed by atoms with van der Waals surface area (Å²) >= 11 is 0. The van der Waals surface area contributed by atoms with Crippen molar-refractivity contribution in [1.82, 2.24) is 4.90 Å². The van der Waals surface area contributed by atoms with Crippen LogP contribution in [0.2, 0.25) is 0 Å². The van der Waals surface area contributed by atoms with E-state index in [-0.39, 0.29) is 18.1 Å². The van der Waals surface area contributed by atoms with Crippen LogP contribution < -0.4 is 0 Å². The molecule has 6 heteroatoms. The average molecular weight is 264 g/mol. The Bertz CT molecular complexity index is 497. The molecule has 102 valence electrons. The third kappa shape index (κ3) is 3.58. The zero-order valence-electron chi connectivity index (χ0n) is 10.9. The van der Waals surface area contributed by atoms with Crippen LogP contribution in [0, 0.1) is 17.2 Å². The highest BCUT2D eigenvalue weighted by Gasteiger charge is 2.24. The van der Waals surface area contributed by atoms with Gasteiger partial charge >= 0.3 is 5.97 Å². The maximum atomic E-state index is 12.0. The molecule has 1 aromatic rings. The molecule has 0 bridgehead atoms. The summed E-state index contributed by atoms with van der Waals surface area (Å²) in [4.78, 5) is 24.3. The number of rotatable bonds is 6. The van der Waals surface area contributed by atoms with E-state index in [4.69, 9.17) is 14.8 Å². The summed E-state index contributed by atoms with van der Waals surface area (Å²) in [5, 5.41) is 17.8. The third-order valence-corrected chi connectivity index (χ3v) is 2.81. The van der Waals surface area contributed by atoms with E-state index in [9.17, 15) is 9.59 Å². The number of carboxylic acids is 1. The highest BCUT2D eigenvalue weighted by atomic mass is 16.4. The summed E-state index contributed by atoms with van der Waals surface area (Å²) < 4.78 is 5.05. The van der Waals surface area contributed by atoms with Crippen LogP contribution in [0.4, 0.5) is 0 Å². The fourth-order valence-corrected chi connectivity index (χ4v) is 1.75. The summed E-state index contributed by atoms with van der Waals surface area (Å²) in [6.45, 7) is 4.74. The highest BCUT2D eigenvalue weighted by Crippen LogP contribution is 2.15. The number of furan rings is 1. The first-order valence-corrected chi connectivity index (χ1v) is 6.03. The number of carbonyl (C=O) groups is 2. The third-order valence-electron chi connectivity index (χ3n) is 2.81. The zero-order valence-corrected chi connectivity index (χ0v) is 10.9. The van der Waals surface area contributed by atoms with Gasteiger partial charge in [-0.15, -0.1) is 0 Å². The quantitative estimate of drug-likeness (QED) is 0.840. The van der Waals surface area contributed by atoms with Gasteiger partial charge in [-0.3, -0.25) is 4.79 Å². The Balaban J connectivity index is 2.79. The molecule has 0 saturated carbocycles. The number of nitriles is 1. The number of aromatic carboxylic acids is 1. The second-order valence-corrected chi connectivity index (χ2v) is 3.97. The van der Waals surface area contributed by atoms with E-state index < -0.39 is 11.9 Å². The second-order valence-electron chi connectivity index (χ2n) is 3.97. The van der Waals surface area contributed by atoms with Crippen molar-refractivity contribution in [2.75, 3.05) is 13.1 Å². The molecule has 0 spiro atoms. The first-order chi connectivity index (χ1) is 9.03. The molecule has 1 N–H and O–H groups in total. The normalized spacial score (nSPS) is 11.6. The lowest BCUT2D eigenvalue weighted by Crippen LogP contribution is -2.36. The van der Waals surface area contributed by atoms with E-state index in [1.54, 1.807) is 4.90 Å². The van der Waals surface area contributed by atoms with Crippen molar-refractivity contribution in [3.05, 3.63) is 23.7 Å². The average Bonchev–Trinajstić information content (AvgIpc) is 2.86. The number of nitrogens with zero attached hydrogens (tertiary/aromatic N) is 2. The van der Waals surface area contributed by atoms with Crippen LogP contribution in [0.3, 0.4) is 0 Å². The van der Waals surface area contributed by atoms with Crippen molar-refractivity contribution in [3.63, 3.8) is 0 Å². The molecule has 1 unspecified atom stereocenters. The topological polar surface area (TPSA) is 94.5 Å². The van der Waals surface area contributed by atoms with Crippen LogP contribution >= 0.6 is 0 Å². The maximum Gasteiger partial charge on any atom is 0.371 e. The van der Waals surface area contributed by atoms with E-state index in [1.165, 1.54) is 12.1 Å². The van der Waals surface area contributed by atoms with Gasteiger partial charge in [0, 0.05) is 19.5 Å². The van der Waals surface area contributed by atoms with Gasteiger partial charge in [-0.25, -0.2) is 4.79 Å². The largest absolute Gasteiger partial charge is 0.475 e. The molecule has 0 aromatic carbocycles. The van der Waals surface area contributed by atoms with Crippen molar-refractivity contribution in [3.8, 4) is 6.07 Å². The minimum atomic E-state index is -1.17. The molecule has 1 heterocycles. The maximum absolute atomic E-state index is 12.0. The summed E-state index contributed by atoms with van der Waals surface area (Å²) in [6.07, 6.45) is 0.0825. The van der Waals surface area contributed by atoms with E-state index in [2.05, 4.69) is 0 Å². The smallest absolute Gasteiger partial charge is 0.371 e. The van der Waals surface area contributed by atoms with Crippen LogP contribution in [0.1, 0.15) is 30.2 Å². The Morgan fingerprint density at radius 2 is 2.05 bits per heavy atom. The molecule has 0 saturated heterocycles. The summed E-state index contributed by atoms with van der Waals surface area (Å²) in [7, 11) is 0. The Morgan fingerprint density at radius 1 is 1.42 bits per heavy atom. The number of carbonyl (C=O) groups excluding carboxylic acids is 1. The summed E-state index contributed by atoms with van der Waals surface area (Å²) in [5.41, 5.74) is 0. The van der Waals surface area contributed by atoms with Gasteiger partial charge in [0.05, 0.1) is 6.07 Å². The lowest BCUT2D eigenvalue weighted by molar-refractivity contribution is -0.133. The van der Waals surface area contributed by atoms with E-state index in [1.807, 2.05) is 19.9 Å². The first kappa shape index (κ1) is 14.8. The number of amides is 1. The fraction of sp³-hybridized carbons (Fsp3) is 0.462. The molecule has 0 aliphatic rings. The Labute approximate surface area is 111 Å². The second kappa shape index (κ2) is 6.59. The predicted octanol–water partition coefficient (Wildman–Crippen LogP) is 1.53. The van der Waals surface area contributed by atoms with Gasteiger partial charge in [0.25, 0.3) is 0 Å². The molecule has 1 atom stereocenters. The summed E-state index contributed by atoms with van der Waals surface area (Å²) in [5.74, 6) is -2.16. The summed E-state index contributed by atoms with van der Waals surface area (Å²) in [6, 6.07) is 4.73. The lowest BCUT2D eigenvalue weighted by Gasteiger charge is -2.20. The van der Waals surface area contributed by atoms with Crippen molar-refractivity contribution >= 4 is 11.9 Å². The molecule has 0 aliphatic carbocycles. The zero-order chi connectivity index (χ0) is 14.4. The molecule has 6 nitrogen and oxygen atoms in total. The molecule has 1 amide bonds. The molecular formula is C13H16N2O4. The fourth-order valence-electron chi connectivity index (χ4n) is 1.75. The highest BCUT2D eigenvalue weighted by molar-refractivity contribution is 5.84. The van der Waals surface area contributed by atoms with Gasteiger partial charge < -0.3 is 14.4 Å². The van der Waals surface area contributed by atoms with Gasteiger partial charge in [-0.1, -0.05) is 0 Å². The molecule has 1 aromatic heterocycles. The van der Waals surface area contributed by atoms with Crippen molar-refractivity contribution in [1.29, 1.82) is 5.26 Å². The van der Waals surface area contributed by atoms with Gasteiger partial charge in [0.1, 0.15) is 11.7 Å². The standard InChI is InChI=1S/C13H16N2O4/c1-3-15(4-2)12(16)9(8-14)7-10-5-6-11(19-10)13(17)18/h5-6,9H,3-4,7H2,1-2H3,(H,17,18). The molecule has 0 aliphatic heterocycles. The lowest BCUT2D eigenvalue weighted by atomic mass is 10.0. The minimum absolute atomic E-state index is 0.0825. The van der Waals surface area contributed by atoms with Gasteiger partial charge in [-0.2, -0.15) is 5.26 Å². The molecular weight excluding hydrogens is 248 g/mol. The molecule has 1 rings (SSSR count). The SMILES string of the molecule is CCN(CC)C(=O)C(C#N)Cc1ccc(C(=O)O)o1. The van der Waals surface area contributed by atoms with Gasteiger partial charge in [0.15, 0.2) is 0 Å². The van der Waals surface area contributed by atoms with Crippen LogP contribution in [0.25, 0.3) is 0 Å². The number of hydrogen-bond acceptors (Lipinski definition) is 4. The van der Waals surface area contributed by atoms with E-state index in [0.29, 0.717) is 18.8 Å². The number of carboxylic acid groups (broad SMARTS) is 1. The molecule has 19 heavy (non-hydrogen) atoms. The van der Waals surface area contributed by atoms with Crippen LogP contribution in [-0.2, 0) is 11.2 Å².